The number of ether oxygens (including phenoxy) is 1. The van der Waals surface area contributed by atoms with Crippen molar-refractivity contribution in [1.82, 2.24) is 14.9 Å². The van der Waals surface area contributed by atoms with E-state index in [2.05, 4.69) is 32.3 Å². The number of anilines is 2. The molecule has 0 radical (unpaired) electrons. The molecule has 1 aliphatic heterocycles. The zero-order chi connectivity index (χ0) is 22.0. The minimum atomic E-state index is -0.481. The number of nitrogens with one attached hydrogen (secondary N) is 1. The average Bonchev–Trinajstić information content (AvgIpc) is 3.16. The molecule has 0 bridgehead atoms. The molecule has 9 heteroatoms. The van der Waals surface area contributed by atoms with Crippen molar-refractivity contribution >= 4 is 51.2 Å². The molecular weight excluding hydrogens is 434 g/mol. The average molecular weight is 460 g/mol. The normalized spacial score (nSPS) is 14.7. The molecule has 164 valence electrons. The van der Waals surface area contributed by atoms with Crippen LogP contribution in [0.4, 0.5) is 16.2 Å². The lowest BCUT2D eigenvalue weighted by atomic mass is 10.1. The van der Waals surface area contributed by atoms with Crippen LogP contribution in [-0.4, -0.2) is 52.7 Å². The molecule has 1 amide bonds. The lowest BCUT2D eigenvalue weighted by Crippen LogP contribution is -2.50. The van der Waals surface area contributed by atoms with E-state index >= 15 is 0 Å². The number of amides is 1. The number of hydrogen-bond acceptors (Lipinski definition) is 7. The van der Waals surface area contributed by atoms with Crippen molar-refractivity contribution < 1.29 is 9.53 Å². The van der Waals surface area contributed by atoms with E-state index in [1.807, 2.05) is 39.2 Å². The molecule has 0 unspecified atom stereocenters. The molecule has 0 saturated carbocycles. The van der Waals surface area contributed by atoms with Gasteiger partial charge in [-0.05, 0) is 39.0 Å². The number of piperazine rings is 1. The van der Waals surface area contributed by atoms with Gasteiger partial charge < -0.3 is 19.9 Å². The summed E-state index contributed by atoms with van der Waals surface area (Å²) >= 11 is 7.41. The van der Waals surface area contributed by atoms with Gasteiger partial charge in [0.25, 0.3) is 0 Å². The Morgan fingerprint density at radius 3 is 2.61 bits per heavy atom. The number of pyridine rings is 1. The number of thiazole rings is 1. The zero-order valence-electron chi connectivity index (χ0n) is 17.9. The molecule has 3 aromatic rings. The summed E-state index contributed by atoms with van der Waals surface area (Å²) in [4.78, 5) is 26.0. The SMILES string of the molecule is CC(C)(C)OC(=O)N1CCN(c2ccc(NCc3cnc(Cl)s3)c3cnccc23)CC1. The Balaban J connectivity index is 1.48. The molecule has 1 aliphatic rings. The second kappa shape index (κ2) is 8.88. The van der Waals surface area contributed by atoms with Gasteiger partial charge in [0.15, 0.2) is 4.47 Å². The van der Waals surface area contributed by atoms with Gasteiger partial charge in [-0.15, -0.1) is 11.3 Å². The van der Waals surface area contributed by atoms with Gasteiger partial charge in [-0.2, -0.15) is 0 Å². The van der Waals surface area contributed by atoms with E-state index in [0.29, 0.717) is 24.1 Å². The Labute approximate surface area is 191 Å². The molecule has 0 atom stereocenters. The second-order valence-electron chi connectivity index (χ2n) is 8.44. The highest BCUT2D eigenvalue weighted by atomic mass is 35.5. The quantitative estimate of drug-likeness (QED) is 0.591. The number of benzene rings is 1. The van der Waals surface area contributed by atoms with Gasteiger partial charge in [-0.25, -0.2) is 9.78 Å². The third-order valence-electron chi connectivity index (χ3n) is 5.05. The fraction of sp³-hybridized carbons (Fsp3) is 0.409. The van der Waals surface area contributed by atoms with Crippen molar-refractivity contribution in [2.75, 3.05) is 36.4 Å². The standard InChI is InChI=1S/C22H26ClN5O2S/c1-22(2,3)30-21(29)28-10-8-27(9-11-28)19-5-4-18(17-14-24-7-6-16(17)19)25-12-15-13-26-20(23)31-15/h4-7,13-14,25H,8-12H2,1-3H3. The first kappa shape index (κ1) is 21.6. The van der Waals surface area contributed by atoms with Gasteiger partial charge >= 0.3 is 6.09 Å². The van der Waals surface area contributed by atoms with E-state index in [4.69, 9.17) is 16.3 Å². The highest BCUT2D eigenvalue weighted by Gasteiger charge is 2.26. The van der Waals surface area contributed by atoms with Crippen LogP contribution in [-0.2, 0) is 11.3 Å². The second-order valence-corrected chi connectivity index (χ2v) is 10.1. The summed E-state index contributed by atoms with van der Waals surface area (Å²) in [7, 11) is 0. The number of carbonyl (C=O) groups is 1. The monoisotopic (exact) mass is 459 g/mol. The Hall–Kier alpha value is -2.58. The predicted octanol–water partition coefficient (Wildman–Crippen LogP) is 5.01. The minimum absolute atomic E-state index is 0.246. The van der Waals surface area contributed by atoms with Crippen molar-refractivity contribution in [1.29, 1.82) is 0 Å². The summed E-state index contributed by atoms with van der Waals surface area (Å²) in [6, 6.07) is 6.26. The van der Waals surface area contributed by atoms with Crippen LogP contribution >= 0.6 is 22.9 Å². The van der Waals surface area contributed by atoms with Crippen molar-refractivity contribution in [3.05, 3.63) is 46.1 Å². The Morgan fingerprint density at radius 1 is 1.16 bits per heavy atom. The number of fused-ring (bicyclic) bond motifs is 1. The number of halogens is 1. The molecule has 7 nitrogen and oxygen atoms in total. The number of rotatable bonds is 4. The molecular formula is C22H26ClN5O2S. The summed E-state index contributed by atoms with van der Waals surface area (Å²) in [5, 5.41) is 5.67. The number of hydrogen-bond donors (Lipinski definition) is 1. The maximum absolute atomic E-state index is 12.4. The van der Waals surface area contributed by atoms with Crippen molar-refractivity contribution in [2.24, 2.45) is 0 Å². The lowest BCUT2D eigenvalue weighted by Gasteiger charge is -2.37. The van der Waals surface area contributed by atoms with Crippen molar-refractivity contribution in [3.8, 4) is 0 Å². The Kier molecular flexibility index (Phi) is 6.20. The van der Waals surface area contributed by atoms with E-state index in [9.17, 15) is 4.79 Å². The molecule has 1 N–H and O–H groups in total. The molecule has 4 rings (SSSR count). The van der Waals surface area contributed by atoms with Gasteiger partial charge in [0, 0.05) is 71.8 Å². The summed E-state index contributed by atoms with van der Waals surface area (Å²) in [6.45, 7) is 9.09. The maximum atomic E-state index is 12.4. The third-order valence-corrected chi connectivity index (χ3v) is 6.16. The smallest absolute Gasteiger partial charge is 0.410 e. The third kappa shape index (κ3) is 5.19. The molecule has 0 spiro atoms. The summed E-state index contributed by atoms with van der Waals surface area (Å²) < 4.78 is 6.05. The minimum Gasteiger partial charge on any atom is -0.444 e. The largest absolute Gasteiger partial charge is 0.444 e. The first-order valence-electron chi connectivity index (χ1n) is 10.2. The van der Waals surface area contributed by atoms with Crippen LogP contribution in [0.1, 0.15) is 25.6 Å². The van der Waals surface area contributed by atoms with Crippen LogP contribution in [0.5, 0.6) is 0 Å². The number of carbonyl (C=O) groups excluding carboxylic acids is 1. The summed E-state index contributed by atoms with van der Waals surface area (Å²) in [6.07, 6.45) is 5.25. The Bertz CT molecular complexity index is 1070. The zero-order valence-corrected chi connectivity index (χ0v) is 19.5. The van der Waals surface area contributed by atoms with Crippen molar-refractivity contribution in [3.63, 3.8) is 0 Å². The first-order valence-corrected chi connectivity index (χ1v) is 11.4. The van der Waals surface area contributed by atoms with E-state index in [0.717, 1.165) is 40.1 Å². The van der Waals surface area contributed by atoms with Gasteiger partial charge in [0.1, 0.15) is 5.60 Å². The molecule has 1 fully saturated rings. The van der Waals surface area contributed by atoms with Gasteiger partial charge in [-0.3, -0.25) is 4.98 Å². The summed E-state index contributed by atoms with van der Waals surface area (Å²) in [5.41, 5.74) is 1.68. The van der Waals surface area contributed by atoms with E-state index in [1.54, 1.807) is 11.1 Å². The maximum Gasteiger partial charge on any atom is 0.410 e. The van der Waals surface area contributed by atoms with Gasteiger partial charge in [-0.1, -0.05) is 11.6 Å². The molecule has 1 saturated heterocycles. The van der Waals surface area contributed by atoms with Gasteiger partial charge in [0.05, 0.1) is 6.54 Å². The summed E-state index contributed by atoms with van der Waals surface area (Å²) in [5.74, 6) is 0. The molecule has 3 heterocycles. The number of aromatic nitrogens is 2. The van der Waals surface area contributed by atoms with Gasteiger partial charge in [0.2, 0.25) is 0 Å². The molecule has 31 heavy (non-hydrogen) atoms. The Morgan fingerprint density at radius 2 is 1.94 bits per heavy atom. The van der Waals surface area contributed by atoms with E-state index in [-0.39, 0.29) is 6.09 Å². The van der Waals surface area contributed by atoms with Crippen molar-refractivity contribution in [2.45, 2.75) is 32.9 Å². The predicted molar refractivity (Wildman–Crippen MR) is 126 cm³/mol. The van der Waals surface area contributed by atoms with Crippen LogP contribution < -0.4 is 10.2 Å². The fourth-order valence-corrected chi connectivity index (χ4v) is 4.53. The lowest BCUT2D eigenvalue weighted by molar-refractivity contribution is 0.0240. The molecule has 1 aromatic carbocycles. The van der Waals surface area contributed by atoms with Crippen LogP contribution in [0.3, 0.4) is 0 Å². The van der Waals surface area contributed by atoms with E-state index in [1.165, 1.54) is 11.3 Å². The highest BCUT2D eigenvalue weighted by molar-refractivity contribution is 7.15. The number of nitrogens with zero attached hydrogens (tertiary/aromatic N) is 4. The highest BCUT2D eigenvalue weighted by Crippen LogP contribution is 2.33. The molecule has 2 aromatic heterocycles. The van der Waals surface area contributed by atoms with E-state index < -0.39 is 5.60 Å². The van der Waals surface area contributed by atoms with Crippen LogP contribution in [0.15, 0.2) is 36.8 Å². The molecule has 0 aliphatic carbocycles. The van der Waals surface area contributed by atoms with Crippen LogP contribution in [0, 0.1) is 0 Å². The fourth-order valence-electron chi connectivity index (χ4n) is 3.61. The van der Waals surface area contributed by atoms with Crippen LogP contribution in [0.25, 0.3) is 10.8 Å². The van der Waals surface area contributed by atoms with Crippen LogP contribution in [0.2, 0.25) is 4.47 Å². The first-order chi connectivity index (χ1) is 14.8. The topological polar surface area (TPSA) is 70.6 Å².